The molecule has 0 aromatic heterocycles. The van der Waals surface area contributed by atoms with Crippen LogP contribution in [0.3, 0.4) is 0 Å². The molecule has 0 saturated heterocycles. The van der Waals surface area contributed by atoms with Gasteiger partial charge in [0.1, 0.15) is 6.04 Å². The SMILES string of the molecule is CCOC(=O)C[C@@H](C(=O)OCC)[C@H](NC(=O)c1cc(C(F)(F)F)cc(C(F)(F)F)c1)C(N)=O. The van der Waals surface area contributed by atoms with Crippen LogP contribution in [0.4, 0.5) is 26.3 Å². The van der Waals surface area contributed by atoms with Crippen molar-refractivity contribution >= 4 is 23.8 Å². The number of benzene rings is 1. The molecule has 0 aliphatic carbocycles. The van der Waals surface area contributed by atoms with Gasteiger partial charge in [-0.25, -0.2) is 0 Å². The summed E-state index contributed by atoms with van der Waals surface area (Å²) in [7, 11) is 0. The molecule has 8 nitrogen and oxygen atoms in total. The molecule has 184 valence electrons. The Morgan fingerprint density at radius 1 is 0.909 bits per heavy atom. The van der Waals surface area contributed by atoms with E-state index in [1.54, 1.807) is 0 Å². The number of hydrogen-bond acceptors (Lipinski definition) is 6. The third-order valence-corrected chi connectivity index (χ3v) is 4.13. The Hall–Kier alpha value is -3.32. The van der Waals surface area contributed by atoms with Gasteiger partial charge in [0.05, 0.1) is 36.7 Å². The fourth-order valence-corrected chi connectivity index (χ4v) is 2.67. The van der Waals surface area contributed by atoms with Gasteiger partial charge in [-0.3, -0.25) is 19.2 Å². The summed E-state index contributed by atoms with van der Waals surface area (Å²) in [5.41, 5.74) is 0.520. The number of hydrogen-bond donors (Lipinski definition) is 2. The summed E-state index contributed by atoms with van der Waals surface area (Å²) in [5, 5.41) is 1.82. The molecule has 2 atom stereocenters. The van der Waals surface area contributed by atoms with Crippen LogP contribution in [0.2, 0.25) is 0 Å². The zero-order valence-electron chi connectivity index (χ0n) is 17.3. The van der Waals surface area contributed by atoms with E-state index in [9.17, 15) is 45.5 Å². The van der Waals surface area contributed by atoms with Crippen LogP contribution in [-0.2, 0) is 36.2 Å². The Morgan fingerprint density at radius 3 is 1.79 bits per heavy atom. The Bertz CT molecular complexity index is 867. The van der Waals surface area contributed by atoms with E-state index in [4.69, 9.17) is 10.5 Å². The van der Waals surface area contributed by atoms with Crippen molar-refractivity contribution in [1.82, 2.24) is 5.32 Å². The first-order chi connectivity index (χ1) is 15.1. The van der Waals surface area contributed by atoms with Crippen molar-refractivity contribution in [2.45, 2.75) is 38.7 Å². The van der Waals surface area contributed by atoms with Gasteiger partial charge in [0.2, 0.25) is 5.91 Å². The largest absolute Gasteiger partial charge is 0.466 e. The number of ether oxygens (including phenoxy) is 2. The maximum absolute atomic E-state index is 13.0. The van der Waals surface area contributed by atoms with Crippen LogP contribution in [0.1, 0.15) is 41.8 Å². The van der Waals surface area contributed by atoms with Crippen LogP contribution in [0.15, 0.2) is 18.2 Å². The lowest BCUT2D eigenvalue weighted by Gasteiger charge is -2.24. The van der Waals surface area contributed by atoms with Crippen LogP contribution in [0.25, 0.3) is 0 Å². The molecule has 0 bridgehead atoms. The van der Waals surface area contributed by atoms with Crippen LogP contribution >= 0.6 is 0 Å². The first kappa shape index (κ1) is 27.7. The molecule has 1 aromatic carbocycles. The maximum atomic E-state index is 13.0. The van der Waals surface area contributed by atoms with Crippen LogP contribution in [-0.4, -0.2) is 43.0 Å². The number of carbonyl (C=O) groups excluding carboxylic acids is 4. The van der Waals surface area contributed by atoms with Gasteiger partial charge in [-0.05, 0) is 32.0 Å². The minimum Gasteiger partial charge on any atom is -0.466 e. The molecule has 0 aliphatic heterocycles. The highest BCUT2D eigenvalue weighted by atomic mass is 19.4. The van der Waals surface area contributed by atoms with E-state index in [-0.39, 0.29) is 31.4 Å². The molecule has 14 heteroatoms. The van der Waals surface area contributed by atoms with E-state index in [0.717, 1.165) is 0 Å². The van der Waals surface area contributed by atoms with Crippen molar-refractivity contribution in [3.63, 3.8) is 0 Å². The van der Waals surface area contributed by atoms with Crippen LogP contribution < -0.4 is 11.1 Å². The maximum Gasteiger partial charge on any atom is 0.416 e. The lowest BCUT2D eigenvalue weighted by Crippen LogP contribution is -2.52. The van der Waals surface area contributed by atoms with Gasteiger partial charge in [0, 0.05) is 5.56 Å². The smallest absolute Gasteiger partial charge is 0.416 e. The summed E-state index contributed by atoms with van der Waals surface area (Å²) in [5.74, 6) is -6.88. The lowest BCUT2D eigenvalue weighted by molar-refractivity contribution is -0.156. The highest BCUT2D eigenvalue weighted by Crippen LogP contribution is 2.36. The number of rotatable bonds is 9. The van der Waals surface area contributed by atoms with Crippen LogP contribution in [0.5, 0.6) is 0 Å². The highest BCUT2D eigenvalue weighted by Gasteiger charge is 2.40. The predicted molar refractivity (Wildman–Crippen MR) is 98.3 cm³/mol. The molecule has 2 amide bonds. The van der Waals surface area contributed by atoms with Crippen LogP contribution in [0, 0.1) is 5.92 Å². The topological polar surface area (TPSA) is 125 Å². The van der Waals surface area contributed by atoms with Gasteiger partial charge in [-0.15, -0.1) is 0 Å². The normalized spacial score (nSPS) is 13.6. The van der Waals surface area contributed by atoms with Gasteiger partial charge in [0.25, 0.3) is 5.91 Å². The molecule has 0 fully saturated rings. The number of primary amides is 1. The van der Waals surface area contributed by atoms with E-state index in [2.05, 4.69) is 4.74 Å². The summed E-state index contributed by atoms with van der Waals surface area (Å²) in [6.45, 7) is 2.52. The number of halogens is 6. The van der Waals surface area contributed by atoms with E-state index in [0.29, 0.717) is 0 Å². The zero-order valence-corrected chi connectivity index (χ0v) is 17.3. The average Bonchev–Trinajstić information content (AvgIpc) is 2.68. The summed E-state index contributed by atoms with van der Waals surface area (Å²) in [6, 6.07) is -1.93. The lowest BCUT2D eigenvalue weighted by atomic mass is 9.94. The van der Waals surface area contributed by atoms with Crippen molar-refractivity contribution in [3.05, 3.63) is 34.9 Å². The van der Waals surface area contributed by atoms with Gasteiger partial charge in [-0.2, -0.15) is 26.3 Å². The molecule has 0 spiro atoms. The van der Waals surface area contributed by atoms with Gasteiger partial charge < -0.3 is 20.5 Å². The monoisotopic (exact) mass is 486 g/mol. The quantitative estimate of drug-likeness (QED) is 0.408. The molecule has 1 aromatic rings. The number of alkyl halides is 6. The summed E-state index contributed by atoms with van der Waals surface area (Å²) >= 11 is 0. The molecule has 0 heterocycles. The second kappa shape index (κ2) is 11.0. The number of carbonyl (C=O) groups is 4. The third-order valence-electron chi connectivity index (χ3n) is 4.13. The molecule has 3 N–H and O–H groups in total. The summed E-state index contributed by atoms with van der Waals surface area (Å²) in [4.78, 5) is 48.4. The summed E-state index contributed by atoms with van der Waals surface area (Å²) in [6.07, 6.45) is -11.3. The van der Waals surface area contributed by atoms with Crippen molar-refractivity contribution in [2.24, 2.45) is 11.7 Å². The fourth-order valence-electron chi connectivity index (χ4n) is 2.67. The van der Waals surface area contributed by atoms with E-state index >= 15 is 0 Å². The second-order valence-corrected chi connectivity index (χ2v) is 6.52. The Morgan fingerprint density at radius 2 is 1.39 bits per heavy atom. The zero-order chi connectivity index (χ0) is 25.6. The van der Waals surface area contributed by atoms with E-state index in [1.807, 2.05) is 5.32 Å². The molecule has 0 aliphatic rings. The number of nitrogens with two attached hydrogens (primary N) is 1. The molecule has 0 unspecified atom stereocenters. The van der Waals surface area contributed by atoms with Gasteiger partial charge in [-0.1, -0.05) is 0 Å². The van der Waals surface area contributed by atoms with Crippen molar-refractivity contribution in [2.75, 3.05) is 13.2 Å². The van der Waals surface area contributed by atoms with Crippen molar-refractivity contribution in [3.8, 4) is 0 Å². The first-order valence-electron chi connectivity index (χ1n) is 9.33. The Kier molecular flexibility index (Phi) is 9.24. The Labute approximate surface area is 183 Å². The van der Waals surface area contributed by atoms with Crippen molar-refractivity contribution in [1.29, 1.82) is 0 Å². The molecule has 0 radical (unpaired) electrons. The molecular formula is C19H20F6N2O6. The molecule has 1 rings (SSSR count). The number of esters is 2. The predicted octanol–water partition coefficient (Wildman–Crippen LogP) is 2.44. The number of amides is 2. The third kappa shape index (κ3) is 7.95. The average molecular weight is 486 g/mol. The number of nitrogens with one attached hydrogen (secondary N) is 1. The molecule has 33 heavy (non-hydrogen) atoms. The molecule has 0 saturated carbocycles. The highest BCUT2D eigenvalue weighted by molar-refractivity contribution is 5.99. The Balaban J connectivity index is 3.40. The van der Waals surface area contributed by atoms with E-state index in [1.165, 1.54) is 13.8 Å². The fraction of sp³-hybridized carbons (Fsp3) is 0.474. The molecular weight excluding hydrogens is 466 g/mol. The first-order valence-corrected chi connectivity index (χ1v) is 9.33. The minimum atomic E-state index is -5.23. The van der Waals surface area contributed by atoms with Crippen molar-refractivity contribution < 1.29 is 55.0 Å². The second-order valence-electron chi connectivity index (χ2n) is 6.52. The van der Waals surface area contributed by atoms with E-state index < -0.39 is 71.2 Å². The standard InChI is InChI=1S/C19H20F6N2O6/c1-3-32-13(28)8-12(17(31)33-4-2)14(15(26)29)27-16(30)9-5-10(18(20,21)22)7-11(6-9)19(23,24)25/h5-7,12,14H,3-4,8H2,1-2H3,(H2,26,29)(H,27,30)/t12-,14+/m1/s1. The minimum absolute atomic E-state index is 0.105. The van der Waals surface area contributed by atoms with Gasteiger partial charge >= 0.3 is 24.3 Å². The summed E-state index contributed by atoms with van der Waals surface area (Å²) < 4.78 is 87.6. The van der Waals surface area contributed by atoms with Gasteiger partial charge in [0.15, 0.2) is 0 Å².